The van der Waals surface area contributed by atoms with Crippen LogP contribution in [0.5, 0.6) is 11.5 Å². The van der Waals surface area contributed by atoms with Crippen molar-refractivity contribution in [1.82, 2.24) is 0 Å². The lowest BCUT2D eigenvalue weighted by Crippen LogP contribution is -2.02. The van der Waals surface area contributed by atoms with Crippen LogP contribution in [0.3, 0.4) is 0 Å². The second-order valence-electron chi connectivity index (χ2n) is 4.36. The van der Waals surface area contributed by atoms with E-state index in [0.29, 0.717) is 6.61 Å². The molecule has 0 aromatic heterocycles. The summed E-state index contributed by atoms with van der Waals surface area (Å²) in [5.74, 6) is 1.82. The number of aryl methyl sites for hydroxylation is 1. The van der Waals surface area contributed by atoms with E-state index in [1.54, 1.807) is 7.11 Å². The van der Waals surface area contributed by atoms with E-state index in [0.717, 1.165) is 28.0 Å². The van der Waals surface area contributed by atoms with Crippen LogP contribution in [0.2, 0.25) is 0 Å². The molecule has 0 amide bonds. The summed E-state index contributed by atoms with van der Waals surface area (Å²) in [7, 11) is 1.67. The van der Waals surface area contributed by atoms with Gasteiger partial charge in [-0.05, 0) is 42.3 Å². The van der Waals surface area contributed by atoms with E-state index in [-0.39, 0.29) is 0 Å². The summed E-state index contributed by atoms with van der Waals surface area (Å²) in [6, 6.07) is 14.1. The number of halogens is 1. The number of hydrogen-bond acceptors (Lipinski definition) is 2. The molecule has 0 fully saturated rings. The fourth-order valence-electron chi connectivity index (χ4n) is 1.80. The first-order valence-electron chi connectivity index (χ1n) is 6.21. The van der Waals surface area contributed by atoms with Crippen molar-refractivity contribution >= 4 is 15.9 Å². The molecule has 0 saturated heterocycles. The van der Waals surface area contributed by atoms with E-state index in [1.807, 2.05) is 30.3 Å². The van der Waals surface area contributed by atoms with Gasteiger partial charge in [0.15, 0.2) is 0 Å². The van der Waals surface area contributed by atoms with Gasteiger partial charge in [-0.2, -0.15) is 0 Å². The lowest BCUT2D eigenvalue weighted by molar-refractivity contribution is 0.319. The molecule has 0 aliphatic heterocycles. The van der Waals surface area contributed by atoms with E-state index < -0.39 is 0 Å². The minimum Gasteiger partial charge on any atom is -0.497 e. The lowest BCUT2D eigenvalue weighted by Gasteiger charge is -2.10. The summed E-state index contributed by atoms with van der Waals surface area (Å²) in [6.07, 6.45) is 0.885. The Kier molecular flexibility index (Phi) is 4.86. The maximum Gasteiger partial charge on any atom is 0.123 e. The fourth-order valence-corrected chi connectivity index (χ4v) is 2.14. The molecule has 0 bridgehead atoms. The summed E-state index contributed by atoms with van der Waals surface area (Å²) in [5.41, 5.74) is 2.39. The monoisotopic (exact) mass is 320 g/mol. The van der Waals surface area contributed by atoms with Gasteiger partial charge in [-0.3, -0.25) is 0 Å². The predicted octanol–water partition coefficient (Wildman–Crippen LogP) is 4.39. The van der Waals surface area contributed by atoms with Gasteiger partial charge < -0.3 is 9.47 Å². The summed E-state index contributed by atoms with van der Waals surface area (Å²) >= 11 is 3.46. The van der Waals surface area contributed by atoms with Crippen LogP contribution in [-0.2, 0) is 6.42 Å². The topological polar surface area (TPSA) is 18.5 Å². The van der Waals surface area contributed by atoms with Crippen molar-refractivity contribution in [2.75, 3.05) is 13.7 Å². The zero-order valence-corrected chi connectivity index (χ0v) is 12.7. The lowest BCUT2D eigenvalue weighted by atomic mass is 10.1. The summed E-state index contributed by atoms with van der Waals surface area (Å²) in [4.78, 5) is 0. The van der Waals surface area contributed by atoms with Gasteiger partial charge in [0.1, 0.15) is 11.5 Å². The third kappa shape index (κ3) is 4.00. The highest BCUT2D eigenvalue weighted by Gasteiger charge is 2.01. The Morgan fingerprint density at radius 3 is 2.47 bits per heavy atom. The average molecular weight is 321 g/mol. The molecule has 0 spiro atoms. The molecule has 100 valence electrons. The minimum absolute atomic E-state index is 0.670. The highest BCUT2D eigenvalue weighted by Crippen LogP contribution is 2.23. The van der Waals surface area contributed by atoms with Gasteiger partial charge in [-0.25, -0.2) is 0 Å². The zero-order valence-electron chi connectivity index (χ0n) is 11.2. The van der Waals surface area contributed by atoms with Crippen LogP contribution in [0.15, 0.2) is 46.9 Å². The Hall–Kier alpha value is -1.48. The first-order chi connectivity index (χ1) is 9.19. The Morgan fingerprint density at radius 1 is 1.05 bits per heavy atom. The van der Waals surface area contributed by atoms with Crippen LogP contribution in [0.4, 0.5) is 0 Å². The van der Waals surface area contributed by atoms with Crippen molar-refractivity contribution in [3.63, 3.8) is 0 Å². The molecule has 0 aliphatic carbocycles. The molecular weight excluding hydrogens is 304 g/mol. The van der Waals surface area contributed by atoms with Gasteiger partial charge in [0.25, 0.3) is 0 Å². The second kappa shape index (κ2) is 6.62. The van der Waals surface area contributed by atoms with Crippen molar-refractivity contribution in [1.29, 1.82) is 0 Å². The normalized spacial score (nSPS) is 10.3. The van der Waals surface area contributed by atoms with Crippen LogP contribution in [0.1, 0.15) is 11.1 Å². The van der Waals surface area contributed by atoms with E-state index >= 15 is 0 Å². The van der Waals surface area contributed by atoms with Gasteiger partial charge >= 0.3 is 0 Å². The van der Waals surface area contributed by atoms with E-state index in [1.165, 1.54) is 5.56 Å². The smallest absolute Gasteiger partial charge is 0.123 e. The van der Waals surface area contributed by atoms with Crippen molar-refractivity contribution in [3.05, 3.63) is 58.1 Å². The number of rotatable bonds is 5. The third-order valence-corrected chi connectivity index (χ3v) is 3.45. The van der Waals surface area contributed by atoms with Crippen LogP contribution < -0.4 is 9.47 Å². The summed E-state index contributed by atoms with van der Waals surface area (Å²) < 4.78 is 12.0. The molecule has 2 rings (SSSR count). The van der Waals surface area contributed by atoms with Gasteiger partial charge in [-0.15, -0.1) is 0 Å². The average Bonchev–Trinajstić information content (AvgIpc) is 2.43. The van der Waals surface area contributed by atoms with Crippen molar-refractivity contribution in [2.45, 2.75) is 13.3 Å². The number of benzene rings is 2. The SMILES string of the molecule is COc1ccc(CCOc2cc(Br)ccc2C)cc1. The molecule has 0 radical (unpaired) electrons. The van der Waals surface area contributed by atoms with E-state index in [4.69, 9.17) is 9.47 Å². The van der Waals surface area contributed by atoms with Gasteiger partial charge in [0, 0.05) is 10.9 Å². The molecule has 0 N–H and O–H groups in total. The largest absolute Gasteiger partial charge is 0.497 e. The highest BCUT2D eigenvalue weighted by molar-refractivity contribution is 9.10. The second-order valence-corrected chi connectivity index (χ2v) is 5.27. The van der Waals surface area contributed by atoms with Gasteiger partial charge in [0.05, 0.1) is 13.7 Å². The molecular formula is C16H17BrO2. The molecule has 2 aromatic rings. The Labute approximate surface area is 122 Å². The van der Waals surface area contributed by atoms with Crippen molar-refractivity contribution < 1.29 is 9.47 Å². The quantitative estimate of drug-likeness (QED) is 0.813. The maximum atomic E-state index is 5.82. The third-order valence-electron chi connectivity index (χ3n) is 2.96. The molecule has 0 aliphatic rings. The standard InChI is InChI=1S/C16H17BrO2/c1-12-3-6-14(17)11-16(12)19-10-9-13-4-7-15(18-2)8-5-13/h3-8,11H,9-10H2,1-2H3. The van der Waals surface area contributed by atoms with Crippen molar-refractivity contribution in [2.24, 2.45) is 0 Å². The molecule has 0 atom stereocenters. The summed E-state index contributed by atoms with van der Waals surface area (Å²) in [5, 5.41) is 0. The number of methoxy groups -OCH3 is 1. The molecule has 0 heterocycles. The maximum absolute atomic E-state index is 5.82. The zero-order chi connectivity index (χ0) is 13.7. The molecule has 2 nitrogen and oxygen atoms in total. The van der Waals surface area contributed by atoms with Crippen LogP contribution in [0.25, 0.3) is 0 Å². The molecule has 19 heavy (non-hydrogen) atoms. The van der Waals surface area contributed by atoms with Crippen LogP contribution in [-0.4, -0.2) is 13.7 Å². The Balaban J connectivity index is 1.90. The van der Waals surface area contributed by atoms with Gasteiger partial charge in [0.2, 0.25) is 0 Å². The first kappa shape index (κ1) is 13.9. The molecule has 0 unspecified atom stereocenters. The molecule has 2 aromatic carbocycles. The number of hydrogen-bond donors (Lipinski definition) is 0. The van der Waals surface area contributed by atoms with Crippen LogP contribution in [0, 0.1) is 6.92 Å². The fraction of sp³-hybridized carbons (Fsp3) is 0.250. The van der Waals surface area contributed by atoms with Crippen LogP contribution >= 0.6 is 15.9 Å². The predicted molar refractivity (Wildman–Crippen MR) is 81.1 cm³/mol. The Bertz CT molecular complexity index is 535. The number of ether oxygens (including phenoxy) is 2. The highest BCUT2D eigenvalue weighted by atomic mass is 79.9. The molecule has 3 heteroatoms. The van der Waals surface area contributed by atoms with Crippen molar-refractivity contribution in [3.8, 4) is 11.5 Å². The summed E-state index contributed by atoms with van der Waals surface area (Å²) in [6.45, 7) is 2.72. The minimum atomic E-state index is 0.670. The van der Waals surface area contributed by atoms with Gasteiger partial charge in [-0.1, -0.05) is 34.1 Å². The van der Waals surface area contributed by atoms with E-state index in [9.17, 15) is 0 Å². The first-order valence-corrected chi connectivity index (χ1v) is 7.00. The molecule has 0 saturated carbocycles. The van der Waals surface area contributed by atoms with E-state index in [2.05, 4.69) is 35.0 Å². The Morgan fingerprint density at radius 2 is 1.79 bits per heavy atom.